The van der Waals surface area contributed by atoms with Gasteiger partial charge in [-0.05, 0) is 37.1 Å². The van der Waals surface area contributed by atoms with E-state index in [4.69, 9.17) is 14.2 Å². The number of ether oxygens (including phenoxy) is 3. The molecule has 0 unspecified atom stereocenters. The Bertz CT molecular complexity index is 831. The summed E-state index contributed by atoms with van der Waals surface area (Å²) in [6.45, 7) is 4.14. The van der Waals surface area contributed by atoms with Gasteiger partial charge >= 0.3 is 5.97 Å². The number of carbonyl (C=O) groups excluding carboxylic acids is 2. The van der Waals surface area contributed by atoms with Gasteiger partial charge in [-0.1, -0.05) is 29.8 Å². The smallest absolute Gasteiger partial charge is 0.342 e. The average Bonchev–Trinajstić information content (AvgIpc) is 2.66. The van der Waals surface area contributed by atoms with E-state index in [1.165, 1.54) is 24.7 Å². The Balaban J connectivity index is 1.99. The molecular formula is C21H25NO5. The lowest BCUT2D eigenvalue weighted by Gasteiger charge is -2.19. The van der Waals surface area contributed by atoms with Crippen LogP contribution in [0.2, 0.25) is 0 Å². The predicted molar refractivity (Wildman–Crippen MR) is 102 cm³/mol. The van der Waals surface area contributed by atoms with Crippen molar-refractivity contribution in [2.24, 2.45) is 0 Å². The second-order valence-electron chi connectivity index (χ2n) is 6.30. The zero-order chi connectivity index (χ0) is 20.0. The highest BCUT2D eigenvalue weighted by Crippen LogP contribution is 2.31. The number of rotatable bonds is 7. The Kier molecular flexibility index (Phi) is 6.82. The summed E-state index contributed by atoms with van der Waals surface area (Å²) in [6, 6.07) is 11.0. The van der Waals surface area contributed by atoms with E-state index in [0.717, 1.165) is 11.1 Å². The van der Waals surface area contributed by atoms with Gasteiger partial charge in [0.05, 0.1) is 14.2 Å². The molecule has 2 aromatic carbocycles. The fraction of sp³-hybridized carbons (Fsp3) is 0.333. The second-order valence-corrected chi connectivity index (χ2v) is 6.30. The number of hydrogen-bond acceptors (Lipinski definition) is 5. The number of benzene rings is 2. The molecule has 0 aliphatic rings. The van der Waals surface area contributed by atoms with Crippen LogP contribution in [0.15, 0.2) is 36.4 Å². The van der Waals surface area contributed by atoms with Crippen molar-refractivity contribution in [3.05, 3.63) is 58.7 Å². The first-order chi connectivity index (χ1) is 12.9. The van der Waals surface area contributed by atoms with Gasteiger partial charge in [0, 0.05) is 13.6 Å². The summed E-state index contributed by atoms with van der Waals surface area (Å²) in [5.41, 5.74) is 3.55. The molecule has 2 rings (SSSR count). The standard InChI is InChI=1S/C21H25NO5/c1-14-9-10-16(15(2)11-14)12-22(3)19(23)13-27-21(24)17-7-6-8-18(25-4)20(17)26-5/h6-11H,12-13H2,1-5H3. The fourth-order valence-corrected chi connectivity index (χ4v) is 2.73. The summed E-state index contributed by atoms with van der Waals surface area (Å²) in [5, 5.41) is 0. The van der Waals surface area contributed by atoms with E-state index in [9.17, 15) is 9.59 Å². The van der Waals surface area contributed by atoms with Crippen molar-refractivity contribution in [3.8, 4) is 11.5 Å². The zero-order valence-electron chi connectivity index (χ0n) is 16.4. The number of likely N-dealkylation sites (N-methyl/N-ethyl adjacent to an activating group) is 1. The van der Waals surface area contributed by atoms with Crippen LogP contribution in [0.3, 0.4) is 0 Å². The van der Waals surface area contributed by atoms with Crippen molar-refractivity contribution in [2.45, 2.75) is 20.4 Å². The Labute approximate surface area is 159 Å². The summed E-state index contributed by atoms with van der Waals surface area (Å²) in [6.07, 6.45) is 0. The van der Waals surface area contributed by atoms with Gasteiger partial charge in [-0.15, -0.1) is 0 Å². The summed E-state index contributed by atoms with van der Waals surface area (Å²) < 4.78 is 15.6. The maximum Gasteiger partial charge on any atom is 0.342 e. The molecule has 2 aromatic rings. The topological polar surface area (TPSA) is 65.1 Å². The third-order valence-corrected chi connectivity index (χ3v) is 4.28. The molecule has 0 radical (unpaired) electrons. The van der Waals surface area contributed by atoms with Gasteiger partial charge in [0.15, 0.2) is 18.1 Å². The van der Waals surface area contributed by atoms with Crippen molar-refractivity contribution in [1.29, 1.82) is 0 Å². The molecule has 0 aliphatic heterocycles. The fourth-order valence-electron chi connectivity index (χ4n) is 2.73. The number of amides is 1. The summed E-state index contributed by atoms with van der Waals surface area (Å²) in [5.74, 6) is -0.226. The molecule has 0 aromatic heterocycles. The average molecular weight is 371 g/mol. The molecule has 0 spiro atoms. The Morgan fingerprint density at radius 3 is 2.41 bits per heavy atom. The highest BCUT2D eigenvalue weighted by atomic mass is 16.5. The third-order valence-electron chi connectivity index (χ3n) is 4.28. The highest BCUT2D eigenvalue weighted by molar-refractivity contribution is 5.94. The molecule has 0 saturated heterocycles. The number of aryl methyl sites for hydroxylation is 2. The normalized spacial score (nSPS) is 10.3. The van der Waals surface area contributed by atoms with Crippen LogP contribution in [0.25, 0.3) is 0 Å². The van der Waals surface area contributed by atoms with Crippen molar-refractivity contribution < 1.29 is 23.8 Å². The third kappa shape index (κ3) is 5.00. The van der Waals surface area contributed by atoms with E-state index < -0.39 is 5.97 Å². The number of para-hydroxylation sites is 1. The van der Waals surface area contributed by atoms with Crippen molar-refractivity contribution in [2.75, 3.05) is 27.9 Å². The molecule has 0 aliphatic carbocycles. The highest BCUT2D eigenvalue weighted by Gasteiger charge is 2.20. The van der Waals surface area contributed by atoms with Crippen LogP contribution in [0.4, 0.5) is 0 Å². The summed E-state index contributed by atoms with van der Waals surface area (Å²) in [7, 11) is 4.61. The van der Waals surface area contributed by atoms with Gasteiger partial charge in [-0.3, -0.25) is 4.79 Å². The van der Waals surface area contributed by atoms with Crippen LogP contribution >= 0.6 is 0 Å². The minimum Gasteiger partial charge on any atom is -0.493 e. The number of hydrogen-bond donors (Lipinski definition) is 0. The van der Waals surface area contributed by atoms with Crippen molar-refractivity contribution in [3.63, 3.8) is 0 Å². The molecule has 0 bridgehead atoms. The lowest BCUT2D eigenvalue weighted by molar-refractivity contribution is -0.133. The lowest BCUT2D eigenvalue weighted by atomic mass is 10.1. The predicted octanol–water partition coefficient (Wildman–Crippen LogP) is 3.14. The second kappa shape index (κ2) is 9.07. The van der Waals surface area contributed by atoms with E-state index >= 15 is 0 Å². The molecule has 27 heavy (non-hydrogen) atoms. The minimum atomic E-state index is -0.640. The van der Waals surface area contributed by atoms with E-state index in [2.05, 4.69) is 6.07 Å². The Morgan fingerprint density at radius 2 is 1.78 bits per heavy atom. The zero-order valence-corrected chi connectivity index (χ0v) is 16.4. The maximum atomic E-state index is 12.3. The first-order valence-corrected chi connectivity index (χ1v) is 8.55. The number of nitrogens with zero attached hydrogens (tertiary/aromatic N) is 1. The number of methoxy groups -OCH3 is 2. The maximum absolute atomic E-state index is 12.3. The molecule has 6 heteroatoms. The van der Waals surface area contributed by atoms with Gasteiger partial charge in [-0.2, -0.15) is 0 Å². The number of esters is 1. The lowest BCUT2D eigenvalue weighted by Crippen LogP contribution is -2.31. The first kappa shape index (κ1) is 20.3. The Hall–Kier alpha value is -3.02. The van der Waals surface area contributed by atoms with Crippen LogP contribution in [-0.2, 0) is 16.1 Å². The van der Waals surface area contributed by atoms with E-state index in [1.807, 2.05) is 26.0 Å². The van der Waals surface area contributed by atoms with Crippen molar-refractivity contribution >= 4 is 11.9 Å². The minimum absolute atomic E-state index is 0.210. The molecular weight excluding hydrogens is 346 g/mol. The van der Waals surface area contributed by atoms with E-state index in [1.54, 1.807) is 25.2 Å². The number of carbonyl (C=O) groups is 2. The molecule has 144 valence electrons. The van der Waals surface area contributed by atoms with Crippen LogP contribution in [0.1, 0.15) is 27.0 Å². The van der Waals surface area contributed by atoms with E-state index in [0.29, 0.717) is 12.3 Å². The molecule has 1 amide bonds. The SMILES string of the molecule is COc1cccc(C(=O)OCC(=O)N(C)Cc2ccc(C)cc2C)c1OC. The van der Waals surface area contributed by atoms with Gasteiger partial charge in [0.25, 0.3) is 5.91 Å². The first-order valence-electron chi connectivity index (χ1n) is 8.55. The van der Waals surface area contributed by atoms with Gasteiger partial charge in [0.2, 0.25) is 0 Å². The van der Waals surface area contributed by atoms with Crippen molar-refractivity contribution in [1.82, 2.24) is 4.90 Å². The summed E-state index contributed by atoms with van der Waals surface area (Å²) >= 11 is 0. The molecule has 0 saturated carbocycles. The van der Waals surface area contributed by atoms with Gasteiger partial charge in [-0.25, -0.2) is 4.79 Å². The molecule has 6 nitrogen and oxygen atoms in total. The Morgan fingerprint density at radius 1 is 1.04 bits per heavy atom. The van der Waals surface area contributed by atoms with E-state index in [-0.39, 0.29) is 23.8 Å². The molecule has 0 N–H and O–H groups in total. The molecule has 0 atom stereocenters. The quantitative estimate of drug-likeness (QED) is 0.700. The van der Waals surface area contributed by atoms with Gasteiger partial charge < -0.3 is 19.1 Å². The molecule has 0 heterocycles. The molecule has 0 fully saturated rings. The van der Waals surface area contributed by atoms with Gasteiger partial charge in [0.1, 0.15) is 5.56 Å². The van der Waals surface area contributed by atoms with Crippen LogP contribution in [0.5, 0.6) is 11.5 Å². The van der Waals surface area contributed by atoms with Crippen LogP contribution in [0, 0.1) is 13.8 Å². The summed E-state index contributed by atoms with van der Waals surface area (Å²) in [4.78, 5) is 26.2. The largest absolute Gasteiger partial charge is 0.493 e. The van der Waals surface area contributed by atoms with Crippen LogP contribution in [-0.4, -0.2) is 44.7 Å². The van der Waals surface area contributed by atoms with Crippen LogP contribution < -0.4 is 9.47 Å². The monoisotopic (exact) mass is 371 g/mol.